The lowest BCUT2D eigenvalue weighted by atomic mass is 9.83. The topological polar surface area (TPSA) is 33.5 Å². The second-order valence-corrected chi connectivity index (χ2v) is 5.32. The van der Waals surface area contributed by atoms with Gasteiger partial charge in [-0.2, -0.15) is 0 Å². The highest BCUT2D eigenvalue weighted by molar-refractivity contribution is 5.75. The van der Waals surface area contributed by atoms with Crippen molar-refractivity contribution in [1.29, 1.82) is 0 Å². The van der Waals surface area contributed by atoms with Gasteiger partial charge in [0.05, 0.1) is 19.1 Å². The summed E-state index contributed by atoms with van der Waals surface area (Å²) in [6, 6.07) is 0.833. The predicted molar refractivity (Wildman–Crippen MR) is 64.4 cm³/mol. The lowest BCUT2D eigenvalue weighted by molar-refractivity contribution is -0.939. The Morgan fingerprint density at radius 1 is 1.25 bits per heavy atom. The summed E-state index contributed by atoms with van der Waals surface area (Å²) in [6.45, 7) is 5.57. The van der Waals surface area contributed by atoms with Gasteiger partial charge < -0.3 is 10.2 Å². The molecule has 0 saturated carbocycles. The Morgan fingerprint density at radius 3 is 2.88 bits per heavy atom. The molecule has 3 atom stereocenters. The molecule has 2 aliphatic rings. The van der Waals surface area contributed by atoms with E-state index < -0.39 is 0 Å². The maximum Gasteiger partial charge on any atom is 0.219 e. The molecule has 16 heavy (non-hydrogen) atoms. The summed E-state index contributed by atoms with van der Waals surface area (Å²) in [6.07, 6.45) is 7.46. The maximum absolute atomic E-state index is 11.3. The zero-order valence-corrected chi connectivity index (χ0v) is 10.4. The van der Waals surface area contributed by atoms with Crippen LogP contribution in [0.15, 0.2) is 0 Å². The lowest BCUT2D eigenvalue weighted by Gasteiger charge is -2.41. The minimum Gasteiger partial charge on any atom is -0.356 e. The van der Waals surface area contributed by atoms with Crippen LogP contribution < -0.4 is 10.2 Å². The second kappa shape index (κ2) is 5.67. The van der Waals surface area contributed by atoms with Gasteiger partial charge in [0.15, 0.2) is 0 Å². The Hall–Kier alpha value is -0.570. The lowest BCUT2D eigenvalue weighted by Crippen LogP contribution is -3.18. The third-order valence-electron chi connectivity index (χ3n) is 4.31. The Kier molecular flexibility index (Phi) is 4.22. The Balaban J connectivity index is 1.85. The molecule has 0 aromatic carbocycles. The van der Waals surface area contributed by atoms with E-state index in [1.54, 1.807) is 0 Å². The number of hydrogen-bond donors (Lipinski definition) is 2. The summed E-state index contributed by atoms with van der Waals surface area (Å²) in [5, 5.41) is 3.08. The predicted octanol–water partition coefficient (Wildman–Crippen LogP) is 0.360. The van der Waals surface area contributed by atoms with E-state index in [1.165, 1.54) is 45.2 Å². The molecular weight excluding hydrogens is 200 g/mol. The average Bonchev–Trinajstić information content (AvgIpc) is 2.35. The van der Waals surface area contributed by atoms with Gasteiger partial charge in [-0.1, -0.05) is 6.92 Å². The molecule has 1 unspecified atom stereocenters. The van der Waals surface area contributed by atoms with Crippen molar-refractivity contribution in [2.24, 2.45) is 5.92 Å². The second-order valence-electron chi connectivity index (χ2n) is 5.32. The molecule has 92 valence electrons. The third-order valence-corrected chi connectivity index (χ3v) is 4.31. The number of hydrogen-bond acceptors (Lipinski definition) is 1. The first-order chi connectivity index (χ1) is 7.81. The van der Waals surface area contributed by atoms with Crippen LogP contribution in [-0.4, -0.2) is 31.6 Å². The summed E-state index contributed by atoms with van der Waals surface area (Å²) in [7, 11) is 0. The van der Waals surface area contributed by atoms with E-state index in [2.05, 4.69) is 5.32 Å². The van der Waals surface area contributed by atoms with Gasteiger partial charge >= 0.3 is 0 Å². The van der Waals surface area contributed by atoms with Crippen molar-refractivity contribution in [3.05, 3.63) is 0 Å². The van der Waals surface area contributed by atoms with Gasteiger partial charge in [-0.15, -0.1) is 0 Å². The SMILES string of the molecule is CCC(=O)NC[C@H]1CCC[NH+]2CCCC[C@@H]12. The van der Waals surface area contributed by atoms with Crippen molar-refractivity contribution in [3.63, 3.8) is 0 Å². The number of carbonyl (C=O) groups is 1. The van der Waals surface area contributed by atoms with Crippen molar-refractivity contribution >= 4 is 5.91 Å². The van der Waals surface area contributed by atoms with Crippen molar-refractivity contribution in [3.8, 4) is 0 Å². The summed E-state index contributed by atoms with van der Waals surface area (Å²) in [5.74, 6) is 0.947. The van der Waals surface area contributed by atoms with Crippen LogP contribution in [-0.2, 0) is 4.79 Å². The van der Waals surface area contributed by atoms with Crippen molar-refractivity contribution in [2.45, 2.75) is 51.5 Å². The average molecular weight is 225 g/mol. The van der Waals surface area contributed by atoms with Gasteiger partial charge in [-0.05, 0) is 32.1 Å². The summed E-state index contributed by atoms with van der Waals surface area (Å²) < 4.78 is 0. The van der Waals surface area contributed by atoms with Crippen LogP contribution in [0.2, 0.25) is 0 Å². The minimum atomic E-state index is 0.211. The molecule has 2 saturated heterocycles. The molecule has 0 aromatic rings. The molecule has 2 rings (SSSR count). The fourth-order valence-corrected chi connectivity index (χ4v) is 3.39. The molecule has 3 heteroatoms. The fraction of sp³-hybridized carbons (Fsp3) is 0.923. The van der Waals surface area contributed by atoms with Crippen LogP contribution in [0.1, 0.15) is 45.4 Å². The summed E-state index contributed by atoms with van der Waals surface area (Å²) in [4.78, 5) is 13.1. The van der Waals surface area contributed by atoms with Crippen molar-refractivity contribution < 1.29 is 9.69 Å². The summed E-state index contributed by atoms with van der Waals surface area (Å²) in [5.41, 5.74) is 0. The van der Waals surface area contributed by atoms with Crippen molar-refractivity contribution in [1.82, 2.24) is 5.32 Å². The molecule has 0 aliphatic carbocycles. The number of nitrogens with one attached hydrogen (secondary N) is 2. The van der Waals surface area contributed by atoms with Crippen LogP contribution in [0.4, 0.5) is 0 Å². The number of carbonyl (C=O) groups excluding carboxylic acids is 1. The highest BCUT2D eigenvalue weighted by Gasteiger charge is 2.36. The number of quaternary nitrogens is 1. The quantitative estimate of drug-likeness (QED) is 0.714. The molecule has 2 aliphatic heterocycles. The molecule has 0 spiro atoms. The normalized spacial score (nSPS) is 34.2. The Labute approximate surface area is 98.6 Å². The van der Waals surface area contributed by atoms with E-state index in [0.29, 0.717) is 6.42 Å². The molecular formula is C13H25N2O+. The van der Waals surface area contributed by atoms with E-state index in [-0.39, 0.29) is 5.91 Å². The smallest absolute Gasteiger partial charge is 0.219 e. The van der Waals surface area contributed by atoms with E-state index in [0.717, 1.165) is 18.5 Å². The molecule has 2 N–H and O–H groups in total. The van der Waals surface area contributed by atoms with Crippen LogP contribution in [0.5, 0.6) is 0 Å². The molecule has 0 aromatic heterocycles. The molecule has 0 radical (unpaired) electrons. The zero-order valence-electron chi connectivity index (χ0n) is 10.4. The van der Waals surface area contributed by atoms with Crippen LogP contribution >= 0.6 is 0 Å². The first kappa shape index (κ1) is 11.9. The maximum atomic E-state index is 11.3. The van der Waals surface area contributed by atoms with Crippen molar-refractivity contribution in [2.75, 3.05) is 19.6 Å². The van der Waals surface area contributed by atoms with Gasteiger partial charge in [0.1, 0.15) is 0 Å². The Morgan fingerprint density at radius 2 is 2.06 bits per heavy atom. The molecule has 1 amide bonds. The number of piperidine rings is 2. The highest BCUT2D eigenvalue weighted by Crippen LogP contribution is 2.19. The van der Waals surface area contributed by atoms with E-state index in [9.17, 15) is 4.79 Å². The van der Waals surface area contributed by atoms with Crippen LogP contribution in [0.3, 0.4) is 0 Å². The first-order valence-electron chi connectivity index (χ1n) is 6.92. The van der Waals surface area contributed by atoms with Crippen LogP contribution in [0.25, 0.3) is 0 Å². The van der Waals surface area contributed by atoms with Gasteiger partial charge in [-0.3, -0.25) is 4.79 Å². The number of rotatable bonds is 3. The van der Waals surface area contributed by atoms with Crippen LogP contribution in [0, 0.1) is 5.92 Å². The summed E-state index contributed by atoms with van der Waals surface area (Å²) >= 11 is 0. The van der Waals surface area contributed by atoms with Gasteiger partial charge in [0, 0.05) is 18.9 Å². The highest BCUT2D eigenvalue weighted by atomic mass is 16.1. The van der Waals surface area contributed by atoms with Gasteiger partial charge in [-0.25, -0.2) is 0 Å². The third kappa shape index (κ3) is 2.76. The monoisotopic (exact) mass is 225 g/mol. The van der Waals surface area contributed by atoms with E-state index >= 15 is 0 Å². The first-order valence-corrected chi connectivity index (χ1v) is 6.92. The number of fused-ring (bicyclic) bond motifs is 1. The standard InChI is InChI=1S/C13H24N2O/c1-2-13(16)14-10-11-6-5-9-15-8-4-3-7-12(11)15/h11-12H,2-10H2,1H3,(H,14,16)/p+1/t11-,12+/m1/s1. The Bertz CT molecular complexity index is 240. The molecule has 2 heterocycles. The van der Waals surface area contributed by atoms with Gasteiger partial charge in [0.25, 0.3) is 0 Å². The van der Waals surface area contributed by atoms with E-state index in [4.69, 9.17) is 0 Å². The fourth-order valence-electron chi connectivity index (χ4n) is 3.39. The largest absolute Gasteiger partial charge is 0.356 e. The molecule has 3 nitrogen and oxygen atoms in total. The molecule has 0 bridgehead atoms. The minimum absolute atomic E-state index is 0.211. The van der Waals surface area contributed by atoms with E-state index in [1.807, 2.05) is 11.8 Å². The number of amides is 1. The molecule has 2 fully saturated rings. The van der Waals surface area contributed by atoms with Gasteiger partial charge in [0.2, 0.25) is 5.91 Å². The zero-order chi connectivity index (χ0) is 11.4.